The molecular formula is C14H13N3O2. The van der Waals surface area contributed by atoms with Gasteiger partial charge in [0.25, 0.3) is 5.56 Å². The molecule has 96 valence electrons. The van der Waals surface area contributed by atoms with E-state index in [1.54, 1.807) is 29.8 Å². The van der Waals surface area contributed by atoms with Crippen LogP contribution in [0.3, 0.4) is 0 Å². The summed E-state index contributed by atoms with van der Waals surface area (Å²) in [6, 6.07) is 7.23. The number of fused-ring (bicyclic) bond motifs is 1. The number of hydrogen-bond donors (Lipinski definition) is 0. The van der Waals surface area contributed by atoms with Gasteiger partial charge in [0.1, 0.15) is 11.8 Å². The van der Waals surface area contributed by atoms with Crippen molar-refractivity contribution < 1.29 is 4.74 Å². The molecule has 1 unspecified atom stereocenters. The highest BCUT2D eigenvalue weighted by Crippen LogP contribution is 2.26. The summed E-state index contributed by atoms with van der Waals surface area (Å²) in [4.78, 5) is 16.7. The molecule has 2 heterocycles. The van der Waals surface area contributed by atoms with Crippen molar-refractivity contribution in [3.05, 3.63) is 39.8 Å². The van der Waals surface area contributed by atoms with E-state index in [-0.39, 0.29) is 11.7 Å². The first-order chi connectivity index (χ1) is 9.20. The van der Waals surface area contributed by atoms with Gasteiger partial charge in [0.05, 0.1) is 22.7 Å². The van der Waals surface area contributed by atoms with Crippen LogP contribution < -0.4 is 5.56 Å². The third-order valence-electron chi connectivity index (χ3n) is 3.47. The first-order valence-electron chi connectivity index (χ1n) is 6.23. The van der Waals surface area contributed by atoms with Gasteiger partial charge >= 0.3 is 0 Å². The van der Waals surface area contributed by atoms with Gasteiger partial charge in [0, 0.05) is 13.7 Å². The van der Waals surface area contributed by atoms with Gasteiger partial charge in [-0.05, 0) is 31.0 Å². The lowest BCUT2D eigenvalue weighted by Gasteiger charge is -2.12. The molecule has 1 aromatic carbocycles. The molecule has 0 aliphatic carbocycles. The van der Waals surface area contributed by atoms with Crippen LogP contribution in [0.5, 0.6) is 0 Å². The van der Waals surface area contributed by atoms with Crippen molar-refractivity contribution in [3.8, 4) is 6.07 Å². The molecule has 1 atom stereocenters. The van der Waals surface area contributed by atoms with Crippen LogP contribution in [0.2, 0.25) is 0 Å². The Balaban J connectivity index is 2.25. The van der Waals surface area contributed by atoms with Crippen molar-refractivity contribution in [1.29, 1.82) is 5.26 Å². The van der Waals surface area contributed by atoms with Crippen LogP contribution in [-0.4, -0.2) is 16.2 Å². The van der Waals surface area contributed by atoms with E-state index >= 15 is 0 Å². The largest absolute Gasteiger partial charge is 0.372 e. The van der Waals surface area contributed by atoms with Gasteiger partial charge in [-0.3, -0.25) is 4.79 Å². The summed E-state index contributed by atoms with van der Waals surface area (Å²) in [5, 5.41) is 8.91. The van der Waals surface area contributed by atoms with Gasteiger partial charge in [-0.2, -0.15) is 5.26 Å². The van der Waals surface area contributed by atoms with E-state index in [1.807, 2.05) is 0 Å². The van der Waals surface area contributed by atoms with Gasteiger partial charge in [0.2, 0.25) is 0 Å². The summed E-state index contributed by atoms with van der Waals surface area (Å²) >= 11 is 0. The Bertz CT molecular complexity index is 737. The van der Waals surface area contributed by atoms with Crippen molar-refractivity contribution in [2.24, 2.45) is 7.05 Å². The first kappa shape index (κ1) is 11.9. The minimum absolute atomic E-state index is 0.144. The number of rotatable bonds is 1. The molecule has 2 aromatic rings. The second-order valence-corrected chi connectivity index (χ2v) is 4.68. The standard InChI is InChI=1S/C14H13N3O2/c1-17-11-7-9(8-15)4-5-10(11)16-13(14(17)18)12-3-2-6-19-12/h4-5,7,12H,2-3,6H2,1H3. The molecule has 5 heteroatoms. The summed E-state index contributed by atoms with van der Waals surface area (Å²) in [5.74, 6) is 0. The van der Waals surface area contributed by atoms with Gasteiger partial charge in [-0.25, -0.2) is 4.98 Å². The van der Waals surface area contributed by atoms with Crippen LogP contribution in [0.1, 0.15) is 30.2 Å². The average molecular weight is 255 g/mol. The predicted molar refractivity (Wildman–Crippen MR) is 69.6 cm³/mol. The molecule has 0 saturated carbocycles. The molecule has 1 aliphatic rings. The van der Waals surface area contributed by atoms with Crippen LogP contribution in [0.15, 0.2) is 23.0 Å². The molecule has 5 nitrogen and oxygen atoms in total. The maximum atomic E-state index is 12.3. The van der Waals surface area contributed by atoms with E-state index in [2.05, 4.69) is 11.1 Å². The van der Waals surface area contributed by atoms with E-state index in [1.165, 1.54) is 0 Å². The van der Waals surface area contributed by atoms with Crippen LogP contribution in [0.4, 0.5) is 0 Å². The molecule has 0 bridgehead atoms. The summed E-state index contributed by atoms with van der Waals surface area (Å²) < 4.78 is 7.08. The smallest absolute Gasteiger partial charge is 0.275 e. The Morgan fingerprint density at radius 2 is 2.37 bits per heavy atom. The fourth-order valence-electron chi connectivity index (χ4n) is 2.42. The van der Waals surface area contributed by atoms with Crippen LogP contribution in [0.25, 0.3) is 11.0 Å². The Morgan fingerprint density at radius 1 is 1.53 bits per heavy atom. The zero-order valence-electron chi connectivity index (χ0n) is 10.6. The summed E-state index contributed by atoms with van der Waals surface area (Å²) in [7, 11) is 1.70. The molecular weight excluding hydrogens is 242 g/mol. The van der Waals surface area contributed by atoms with Gasteiger partial charge in [0.15, 0.2) is 0 Å². The zero-order chi connectivity index (χ0) is 13.4. The van der Waals surface area contributed by atoms with E-state index in [0.29, 0.717) is 28.9 Å². The molecule has 19 heavy (non-hydrogen) atoms. The highest BCUT2D eigenvalue weighted by atomic mass is 16.5. The number of hydrogen-bond acceptors (Lipinski definition) is 4. The number of aromatic nitrogens is 2. The number of aryl methyl sites for hydroxylation is 1. The Hall–Kier alpha value is -2.19. The van der Waals surface area contributed by atoms with Gasteiger partial charge < -0.3 is 9.30 Å². The average Bonchev–Trinajstić information content (AvgIpc) is 2.96. The highest BCUT2D eigenvalue weighted by Gasteiger charge is 2.23. The first-order valence-corrected chi connectivity index (χ1v) is 6.23. The molecule has 0 radical (unpaired) electrons. The lowest BCUT2D eigenvalue weighted by atomic mass is 10.1. The fraction of sp³-hybridized carbons (Fsp3) is 0.357. The van der Waals surface area contributed by atoms with Crippen LogP contribution in [-0.2, 0) is 11.8 Å². The summed E-state index contributed by atoms with van der Waals surface area (Å²) in [6.07, 6.45) is 1.60. The van der Waals surface area contributed by atoms with Gasteiger partial charge in [-0.1, -0.05) is 0 Å². The number of nitriles is 1. The van der Waals surface area contributed by atoms with E-state index in [0.717, 1.165) is 12.8 Å². The zero-order valence-corrected chi connectivity index (χ0v) is 10.6. The molecule has 1 aromatic heterocycles. The van der Waals surface area contributed by atoms with Crippen molar-refractivity contribution >= 4 is 11.0 Å². The van der Waals surface area contributed by atoms with E-state index in [9.17, 15) is 4.79 Å². The number of nitrogens with zero attached hydrogens (tertiary/aromatic N) is 3. The summed E-state index contributed by atoms with van der Waals surface area (Å²) in [6.45, 7) is 0.681. The summed E-state index contributed by atoms with van der Waals surface area (Å²) in [5.41, 5.74) is 2.23. The van der Waals surface area contributed by atoms with Crippen molar-refractivity contribution in [1.82, 2.24) is 9.55 Å². The quantitative estimate of drug-likeness (QED) is 0.777. The lowest BCUT2D eigenvalue weighted by Crippen LogP contribution is -2.25. The Kier molecular flexibility index (Phi) is 2.80. The van der Waals surface area contributed by atoms with Crippen molar-refractivity contribution in [3.63, 3.8) is 0 Å². The molecule has 1 aliphatic heterocycles. The number of benzene rings is 1. The van der Waals surface area contributed by atoms with Crippen molar-refractivity contribution in [2.75, 3.05) is 6.61 Å². The predicted octanol–water partition coefficient (Wildman–Crippen LogP) is 1.66. The topological polar surface area (TPSA) is 67.9 Å². The Morgan fingerprint density at radius 3 is 3.05 bits per heavy atom. The monoisotopic (exact) mass is 255 g/mol. The lowest BCUT2D eigenvalue weighted by molar-refractivity contribution is 0.107. The minimum atomic E-state index is -0.196. The molecule has 0 spiro atoms. The molecule has 0 N–H and O–H groups in total. The van der Waals surface area contributed by atoms with Crippen LogP contribution >= 0.6 is 0 Å². The second kappa shape index (κ2) is 4.48. The maximum absolute atomic E-state index is 12.3. The fourth-order valence-corrected chi connectivity index (χ4v) is 2.42. The third-order valence-corrected chi connectivity index (χ3v) is 3.47. The SMILES string of the molecule is Cn1c(=O)c(C2CCCO2)nc2ccc(C#N)cc21. The molecule has 1 fully saturated rings. The maximum Gasteiger partial charge on any atom is 0.275 e. The molecule has 1 saturated heterocycles. The van der Waals surface area contributed by atoms with Gasteiger partial charge in [-0.15, -0.1) is 0 Å². The molecule has 3 rings (SSSR count). The highest BCUT2D eigenvalue weighted by molar-refractivity contribution is 5.76. The normalized spacial score (nSPS) is 18.6. The molecule has 0 amide bonds. The minimum Gasteiger partial charge on any atom is -0.372 e. The Labute approximate surface area is 110 Å². The third kappa shape index (κ3) is 1.90. The van der Waals surface area contributed by atoms with Crippen LogP contribution in [0, 0.1) is 11.3 Å². The van der Waals surface area contributed by atoms with E-state index in [4.69, 9.17) is 10.00 Å². The number of ether oxygens (including phenoxy) is 1. The van der Waals surface area contributed by atoms with Crippen molar-refractivity contribution in [2.45, 2.75) is 18.9 Å². The second-order valence-electron chi connectivity index (χ2n) is 4.68. The van der Waals surface area contributed by atoms with E-state index < -0.39 is 0 Å².